The first kappa shape index (κ1) is 10.7. The van der Waals surface area contributed by atoms with Crippen LogP contribution in [-0.4, -0.2) is 6.54 Å². The van der Waals surface area contributed by atoms with Crippen LogP contribution >= 0.6 is 23.2 Å². The van der Waals surface area contributed by atoms with E-state index < -0.39 is 12.5 Å². The summed E-state index contributed by atoms with van der Waals surface area (Å²) in [5.41, 5.74) is 4.58. The van der Waals surface area contributed by atoms with Gasteiger partial charge in [-0.1, -0.05) is 35.3 Å². The Morgan fingerprint density at radius 2 is 1.92 bits per heavy atom. The van der Waals surface area contributed by atoms with Gasteiger partial charge in [-0.05, 0) is 6.07 Å². The Balaban J connectivity index is 3.22. The SMILES string of the molecule is NCC(F)(F)c1cccc(Cl)c1Cl. The van der Waals surface area contributed by atoms with Crippen molar-refractivity contribution in [3.05, 3.63) is 33.8 Å². The molecule has 0 aromatic heterocycles. The molecule has 72 valence electrons. The van der Waals surface area contributed by atoms with Crippen molar-refractivity contribution >= 4 is 23.2 Å². The lowest BCUT2D eigenvalue weighted by Gasteiger charge is -2.15. The highest BCUT2D eigenvalue weighted by atomic mass is 35.5. The molecular formula is C8H7Cl2F2N. The molecule has 5 heteroatoms. The normalized spacial score (nSPS) is 11.8. The fraction of sp³-hybridized carbons (Fsp3) is 0.250. The molecule has 0 radical (unpaired) electrons. The van der Waals surface area contributed by atoms with Gasteiger partial charge in [-0.15, -0.1) is 0 Å². The fourth-order valence-corrected chi connectivity index (χ4v) is 1.34. The number of nitrogens with two attached hydrogens (primary N) is 1. The van der Waals surface area contributed by atoms with Crippen LogP contribution in [0.25, 0.3) is 0 Å². The molecule has 2 N–H and O–H groups in total. The molecule has 0 saturated heterocycles. The molecule has 0 saturated carbocycles. The highest BCUT2D eigenvalue weighted by Crippen LogP contribution is 2.36. The van der Waals surface area contributed by atoms with Crippen LogP contribution in [0, 0.1) is 0 Å². The number of benzene rings is 1. The molecule has 0 spiro atoms. The van der Waals surface area contributed by atoms with Gasteiger partial charge in [-0.2, -0.15) is 8.78 Å². The van der Waals surface area contributed by atoms with Crippen molar-refractivity contribution in [2.75, 3.05) is 6.54 Å². The largest absolute Gasteiger partial charge is 0.325 e. The van der Waals surface area contributed by atoms with Crippen LogP contribution in [0.4, 0.5) is 8.78 Å². The zero-order valence-corrected chi connectivity index (χ0v) is 8.04. The molecule has 0 unspecified atom stereocenters. The maximum atomic E-state index is 13.1. The molecule has 1 aromatic rings. The second kappa shape index (κ2) is 3.78. The number of hydrogen-bond acceptors (Lipinski definition) is 1. The molecule has 0 amide bonds. The van der Waals surface area contributed by atoms with Gasteiger partial charge in [0.25, 0.3) is 5.92 Å². The van der Waals surface area contributed by atoms with Crippen LogP contribution in [0.3, 0.4) is 0 Å². The first-order valence-corrected chi connectivity index (χ1v) is 4.27. The number of halogens is 4. The third-order valence-corrected chi connectivity index (χ3v) is 2.42. The van der Waals surface area contributed by atoms with E-state index in [1.807, 2.05) is 0 Å². The van der Waals surface area contributed by atoms with Gasteiger partial charge in [0.05, 0.1) is 16.6 Å². The molecular weight excluding hydrogens is 219 g/mol. The third-order valence-electron chi connectivity index (χ3n) is 1.60. The summed E-state index contributed by atoms with van der Waals surface area (Å²) in [7, 11) is 0. The second-order valence-corrected chi connectivity index (χ2v) is 3.30. The van der Waals surface area contributed by atoms with Crippen LogP contribution in [0.2, 0.25) is 10.0 Å². The van der Waals surface area contributed by atoms with E-state index in [0.717, 1.165) is 0 Å². The Kier molecular flexibility index (Phi) is 3.11. The molecule has 13 heavy (non-hydrogen) atoms. The van der Waals surface area contributed by atoms with Crippen LogP contribution in [0.1, 0.15) is 5.56 Å². The monoisotopic (exact) mass is 225 g/mol. The van der Waals surface area contributed by atoms with Crippen molar-refractivity contribution in [1.29, 1.82) is 0 Å². The fourth-order valence-electron chi connectivity index (χ4n) is 0.896. The van der Waals surface area contributed by atoms with Crippen molar-refractivity contribution in [3.8, 4) is 0 Å². The molecule has 0 aliphatic rings. The maximum Gasteiger partial charge on any atom is 0.286 e. The Labute approximate surface area is 84.4 Å². The van der Waals surface area contributed by atoms with Crippen LogP contribution < -0.4 is 5.73 Å². The van der Waals surface area contributed by atoms with E-state index in [1.54, 1.807) is 0 Å². The van der Waals surface area contributed by atoms with E-state index >= 15 is 0 Å². The predicted octanol–water partition coefficient (Wildman–Crippen LogP) is 3.04. The molecule has 1 nitrogen and oxygen atoms in total. The number of rotatable bonds is 2. The number of alkyl halides is 2. The summed E-state index contributed by atoms with van der Waals surface area (Å²) in [5, 5.41) is -0.0353. The quantitative estimate of drug-likeness (QED) is 0.823. The van der Waals surface area contributed by atoms with Gasteiger partial charge < -0.3 is 5.73 Å². The summed E-state index contributed by atoms with van der Waals surface area (Å²) in [4.78, 5) is 0. The molecule has 1 aromatic carbocycles. The average molecular weight is 226 g/mol. The average Bonchev–Trinajstić information content (AvgIpc) is 2.09. The third kappa shape index (κ3) is 2.10. The molecule has 0 aliphatic heterocycles. The van der Waals surface area contributed by atoms with E-state index in [9.17, 15) is 8.78 Å². The van der Waals surface area contributed by atoms with Gasteiger partial charge >= 0.3 is 0 Å². The zero-order chi connectivity index (χ0) is 10.1. The minimum Gasteiger partial charge on any atom is -0.325 e. The standard InChI is InChI=1S/C8H7Cl2F2N/c9-6-3-1-2-5(7(6)10)8(11,12)4-13/h1-3H,4,13H2. The lowest BCUT2D eigenvalue weighted by molar-refractivity contribution is 0.00607. The van der Waals surface area contributed by atoms with Crippen molar-refractivity contribution in [2.24, 2.45) is 5.73 Å². The van der Waals surface area contributed by atoms with E-state index in [0.29, 0.717) is 0 Å². The molecule has 0 heterocycles. The summed E-state index contributed by atoms with van der Waals surface area (Å²) in [6, 6.07) is 4.06. The van der Waals surface area contributed by atoms with Crippen LogP contribution in [-0.2, 0) is 5.92 Å². The molecule has 0 aliphatic carbocycles. The molecule has 1 rings (SSSR count). The number of hydrogen-bond donors (Lipinski definition) is 1. The minimum absolute atomic E-state index is 0.104. The topological polar surface area (TPSA) is 26.0 Å². The first-order chi connectivity index (χ1) is 5.99. The molecule has 0 atom stereocenters. The first-order valence-electron chi connectivity index (χ1n) is 3.51. The smallest absolute Gasteiger partial charge is 0.286 e. The molecule has 0 bridgehead atoms. The second-order valence-electron chi connectivity index (χ2n) is 2.51. The summed E-state index contributed by atoms with van der Waals surface area (Å²) >= 11 is 11.2. The van der Waals surface area contributed by atoms with Gasteiger partial charge in [-0.25, -0.2) is 0 Å². The predicted molar refractivity (Wildman–Crippen MR) is 49.4 cm³/mol. The Morgan fingerprint density at radius 3 is 2.46 bits per heavy atom. The van der Waals surface area contributed by atoms with E-state index in [2.05, 4.69) is 0 Å². The minimum atomic E-state index is -3.12. The van der Waals surface area contributed by atoms with Crippen molar-refractivity contribution in [2.45, 2.75) is 5.92 Å². The van der Waals surface area contributed by atoms with Gasteiger partial charge in [0.15, 0.2) is 0 Å². The lowest BCUT2D eigenvalue weighted by atomic mass is 10.1. The highest BCUT2D eigenvalue weighted by Gasteiger charge is 2.32. The van der Waals surface area contributed by atoms with Gasteiger partial charge in [-0.3, -0.25) is 0 Å². The Morgan fingerprint density at radius 1 is 1.31 bits per heavy atom. The van der Waals surface area contributed by atoms with Gasteiger partial charge in [0, 0.05) is 5.56 Å². The Hall–Kier alpha value is -0.380. The summed E-state index contributed by atoms with van der Waals surface area (Å²) < 4.78 is 26.1. The summed E-state index contributed by atoms with van der Waals surface area (Å²) in [6.45, 7) is -0.785. The van der Waals surface area contributed by atoms with E-state index in [4.69, 9.17) is 28.9 Å². The summed E-state index contributed by atoms with van der Waals surface area (Å²) in [5.74, 6) is -3.12. The van der Waals surface area contributed by atoms with E-state index in [1.165, 1.54) is 18.2 Å². The van der Waals surface area contributed by atoms with Crippen molar-refractivity contribution < 1.29 is 8.78 Å². The van der Waals surface area contributed by atoms with Crippen LogP contribution in [0.5, 0.6) is 0 Å². The van der Waals surface area contributed by atoms with E-state index in [-0.39, 0.29) is 15.6 Å². The molecule has 0 fully saturated rings. The maximum absolute atomic E-state index is 13.1. The zero-order valence-electron chi connectivity index (χ0n) is 6.53. The van der Waals surface area contributed by atoms with Crippen molar-refractivity contribution in [3.63, 3.8) is 0 Å². The summed E-state index contributed by atoms with van der Waals surface area (Å²) in [6.07, 6.45) is 0. The van der Waals surface area contributed by atoms with Crippen LogP contribution in [0.15, 0.2) is 18.2 Å². The van der Waals surface area contributed by atoms with Crippen molar-refractivity contribution in [1.82, 2.24) is 0 Å². The van der Waals surface area contributed by atoms with Gasteiger partial charge in [0.1, 0.15) is 0 Å². The van der Waals surface area contributed by atoms with Gasteiger partial charge in [0.2, 0.25) is 0 Å². The highest BCUT2D eigenvalue weighted by molar-refractivity contribution is 6.42. The Bertz CT molecular complexity index is 315. The lowest BCUT2D eigenvalue weighted by Crippen LogP contribution is -2.25.